The molecule has 0 fully saturated rings. The molecule has 0 unspecified atom stereocenters. The monoisotopic (exact) mass is 201 g/mol. The first-order chi connectivity index (χ1) is 7.08. The van der Waals surface area contributed by atoms with E-state index < -0.39 is 0 Å². The van der Waals surface area contributed by atoms with Gasteiger partial charge in [-0.1, -0.05) is 23.8 Å². The molecule has 1 N–H and O–H groups in total. The number of hydrogen-bond donors (Lipinski definition) is 1. The minimum atomic E-state index is -0.338. The summed E-state index contributed by atoms with van der Waals surface area (Å²) in [6, 6.07) is 5.79. The van der Waals surface area contributed by atoms with Crippen molar-refractivity contribution >= 4 is 17.4 Å². The Labute approximate surface area is 87.8 Å². The van der Waals surface area contributed by atoms with Crippen LogP contribution in [0.3, 0.4) is 0 Å². The van der Waals surface area contributed by atoms with Gasteiger partial charge in [-0.05, 0) is 25.0 Å². The van der Waals surface area contributed by atoms with Crippen LogP contribution < -0.4 is 5.32 Å². The smallest absolute Gasteiger partial charge is 0.258 e. The number of hydrogen-bond acceptors (Lipinski definition) is 2. The van der Waals surface area contributed by atoms with E-state index in [1.807, 2.05) is 32.0 Å². The molecule has 1 aromatic rings. The van der Waals surface area contributed by atoms with Gasteiger partial charge < -0.3 is 0 Å². The first-order valence-electron chi connectivity index (χ1n) is 4.72. The Bertz CT molecular complexity index is 486. The minimum Gasteiger partial charge on any atom is -0.289 e. The molecular weight excluding hydrogens is 190 g/mol. The Morgan fingerprint density at radius 3 is 2.40 bits per heavy atom. The van der Waals surface area contributed by atoms with Crippen LogP contribution in [-0.2, 0) is 9.59 Å². The molecule has 0 saturated carbocycles. The van der Waals surface area contributed by atoms with Crippen molar-refractivity contribution < 1.29 is 9.59 Å². The van der Waals surface area contributed by atoms with E-state index in [1.165, 1.54) is 6.08 Å². The molecule has 1 aliphatic heterocycles. The van der Waals surface area contributed by atoms with Crippen molar-refractivity contribution in [3.63, 3.8) is 0 Å². The lowest BCUT2D eigenvalue weighted by atomic mass is 9.99. The summed E-state index contributed by atoms with van der Waals surface area (Å²) in [5.74, 6) is -0.651. The Morgan fingerprint density at radius 1 is 1.13 bits per heavy atom. The molecule has 0 aliphatic carbocycles. The van der Waals surface area contributed by atoms with Crippen LogP contribution in [0.4, 0.5) is 0 Å². The van der Waals surface area contributed by atoms with Crippen molar-refractivity contribution in [1.82, 2.24) is 5.32 Å². The Balaban J connectivity index is 2.51. The SMILES string of the molecule is Cc1ccc(C2=CC(=O)NC2=O)c(C)c1. The zero-order valence-corrected chi connectivity index (χ0v) is 8.63. The van der Waals surface area contributed by atoms with Crippen molar-refractivity contribution in [3.05, 3.63) is 41.0 Å². The molecule has 0 bridgehead atoms. The predicted molar refractivity (Wildman–Crippen MR) is 57.0 cm³/mol. The molecule has 2 amide bonds. The molecule has 76 valence electrons. The van der Waals surface area contributed by atoms with Gasteiger partial charge in [0.25, 0.3) is 11.8 Å². The van der Waals surface area contributed by atoms with E-state index in [-0.39, 0.29) is 11.8 Å². The molecule has 0 spiro atoms. The standard InChI is InChI=1S/C12H11NO2/c1-7-3-4-9(8(2)5-7)10-6-11(14)13-12(10)15/h3-6H,1-2H3,(H,13,14,15). The molecule has 3 nitrogen and oxygen atoms in total. The van der Waals surface area contributed by atoms with Crippen LogP contribution >= 0.6 is 0 Å². The second kappa shape index (κ2) is 3.35. The largest absolute Gasteiger partial charge is 0.289 e. The first-order valence-corrected chi connectivity index (χ1v) is 4.72. The molecule has 0 aromatic heterocycles. The van der Waals surface area contributed by atoms with Crippen molar-refractivity contribution in [2.75, 3.05) is 0 Å². The molecule has 1 aliphatic rings. The van der Waals surface area contributed by atoms with Crippen LogP contribution in [0.5, 0.6) is 0 Å². The molecule has 0 radical (unpaired) electrons. The van der Waals surface area contributed by atoms with E-state index in [1.54, 1.807) is 0 Å². The molecule has 0 saturated heterocycles. The summed E-state index contributed by atoms with van der Waals surface area (Å²) >= 11 is 0. The van der Waals surface area contributed by atoms with E-state index in [0.717, 1.165) is 16.7 Å². The Morgan fingerprint density at radius 2 is 1.87 bits per heavy atom. The van der Waals surface area contributed by atoms with Gasteiger partial charge >= 0.3 is 0 Å². The Kier molecular flexibility index (Phi) is 2.15. The summed E-state index contributed by atoms with van der Waals surface area (Å²) in [6.07, 6.45) is 1.35. The maximum atomic E-state index is 11.4. The number of aryl methyl sites for hydroxylation is 2. The summed E-state index contributed by atoms with van der Waals surface area (Å²) in [7, 11) is 0. The van der Waals surface area contributed by atoms with Gasteiger partial charge in [0.1, 0.15) is 0 Å². The third-order valence-electron chi connectivity index (χ3n) is 2.43. The number of rotatable bonds is 1. The van der Waals surface area contributed by atoms with E-state index in [2.05, 4.69) is 5.32 Å². The molecule has 0 atom stereocenters. The maximum Gasteiger partial charge on any atom is 0.258 e. The summed E-state index contributed by atoms with van der Waals surface area (Å²) in [6.45, 7) is 3.92. The van der Waals surface area contributed by atoms with Gasteiger partial charge in [-0.2, -0.15) is 0 Å². The molecule has 15 heavy (non-hydrogen) atoms. The van der Waals surface area contributed by atoms with Crippen LogP contribution in [0.2, 0.25) is 0 Å². The third-order valence-corrected chi connectivity index (χ3v) is 2.43. The summed E-state index contributed by atoms with van der Waals surface area (Å²) in [5, 5.41) is 2.24. The molecule has 3 heteroatoms. The molecule has 1 aromatic carbocycles. The van der Waals surface area contributed by atoms with Crippen molar-refractivity contribution in [3.8, 4) is 0 Å². The molecular formula is C12H11NO2. The number of amides is 2. The third kappa shape index (κ3) is 1.68. The maximum absolute atomic E-state index is 11.4. The zero-order chi connectivity index (χ0) is 11.0. The fourth-order valence-electron chi connectivity index (χ4n) is 1.73. The number of carbonyl (C=O) groups is 2. The van der Waals surface area contributed by atoms with Crippen molar-refractivity contribution in [2.24, 2.45) is 0 Å². The average molecular weight is 201 g/mol. The molecule has 2 rings (SSSR count). The quantitative estimate of drug-likeness (QED) is 0.697. The van der Waals surface area contributed by atoms with Gasteiger partial charge in [0.15, 0.2) is 0 Å². The second-order valence-corrected chi connectivity index (χ2v) is 3.69. The van der Waals surface area contributed by atoms with Gasteiger partial charge in [-0.25, -0.2) is 0 Å². The normalized spacial score (nSPS) is 15.2. The van der Waals surface area contributed by atoms with Crippen LogP contribution in [0, 0.1) is 13.8 Å². The highest BCUT2D eigenvalue weighted by molar-refractivity contribution is 6.33. The predicted octanol–water partition coefficient (Wildman–Crippen LogP) is 1.34. The number of imide groups is 1. The lowest BCUT2D eigenvalue weighted by Crippen LogP contribution is -2.21. The van der Waals surface area contributed by atoms with E-state index >= 15 is 0 Å². The summed E-state index contributed by atoms with van der Waals surface area (Å²) in [4.78, 5) is 22.4. The Hall–Kier alpha value is -1.90. The molecule has 1 heterocycles. The van der Waals surface area contributed by atoms with Gasteiger partial charge in [0.2, 0.25) is 0 Å². The van der Waals surface area contributed by atoms with Gasteiger partial charge in [-0.3, -0.25) is 14.9 Å². The van der Waals surface area contributed by atoms with Crippen LogP contribution in [0.25, 0.3) is 5.57 Å². The zero-order valence-electron chi connectivity index (χ0n) is 8.63. The number of nitrogens with one attached hydrogen (secondary N) is 1. The van der Waals surface area contributed by atoms with Crippen LogP contribution in [0.15, 0.2) is 24.3 Å². The van der Waals surface area contributed by atoms with Gasteiger partial charge in [-0.15, -0.1) is 0 Å². The number of carbonyl (C=O) groups excluding carboxylic acids is 2. The van der Waals surface area contributed by atoms with Gasteiger partial charge in [0.05, 0.1) is 5.57 Å². The highest BCUT2D eigenvalue weighted by Gasteiger charge is 2.22. The first kappa shape index (κ1) is 9.65. The van der Waals surface area contributed by atoms with E-state index in [0.29, 0.717) is 5.57 Å². The van der Waals surface area contributed by atoms with Crippen LogP contribution in [0.1, 0.15) is 16.7 Å². The highest BCUT2D eigenvalue weighted by Crippen LogP contribution is 2.22. The van der Waals surface area contributed by atoms with Crippen molar-refractivity contribution in [1.29, 1.82) is 0 Å². The lowest BCUT2D eigenvalue weighted by Gasteiger charge is -2.05. The van der Waals surface area contributed by atoms with E-state index in [4.69, 9.17) is 0 Å². The summed E-state index contributed by atoms with van der Waals surface area (Å²) < 4.78 is 0. The lowest BCUT2D eigenvalue weighted by molar-refractivity contribution is -0.123. The fraction of sp³-hybridized carbons (Fsp3) is 0.167. The topological polar surface area (TPSA) is 46.2 Å². The summed E-state index contributed by atoms with van der Waals surface area (Å²) in [5.41, 5.74) is 3.43. The highest BCUT2D eigenvalue weighted by atomic mass is 16.2. The van der Waals surface area contributed by atoms with Crippen molar-refractivity contribution in [2.45, 2.75) is 13.8 Å². The second-order valence-electron chi connectivity index (χ2n) is 3.69. The average Bonchev–Trinajstić information content (AvgIpc) is 2.45. The van der Waals surface area contributed by atoms with Crippen LogP contribution in [-0.4, -0.2) is 11.8 Å². The fourth-order valence-corrected chi connectivity index (χ4v) is 1.73. The van der Waals surface area contributed by atoms with Gasteiger partial charge in [0, 0.05) is 6.08 Å². The number of benzene rings is 1. The van der Waals surface area contributed by atoms with E-state index in [9.17, 15) is 9.59 Å². The minimum absolute atomic E-state index is 0.313.